The maximum absolute atomic E-state index is 9.36. The molecule has 4 heteroatoms. The smallest absolute Gasteiger partial charge is 0.117 e. The van der Waals surface area contributed by atoms with Crippen LogP contribution in [-0.2, 0) is 6.54 Å². The molecule has 0 aliphatic rings. The summed E-state index contributed by atoms with van der Waals surface area (Å²) in [5.41, 5.74) is 7.52. The van der Waals surface area contributed by atoms with Crippen molar-refractivity contribution in [3.8, 4) is 5.75 Å². The quantitative estimate of drug-likeness (QED) is 0.785. The van der Waals surface area contributed by atoms with Gasteiger partial charge in [0.25, 0.3) is 0 Å². The summed E-state index contributed by atoms with van der Waals surface area (Å²) in [5.74, 6) is 0.236. The van der Waals surface area contributed by atoms with Crippen LogP contribution in [0.2, 0.25) is 0 Å². The van der Waals surface area contributed by atoms with Gasteiger partial charge < -0.3 is 10.8 Å². The van der Waals surface area contributed by atoms with E-state index in [1.807, 2.05) is 10.7 Å². The Bertz CT molecular complexity index is 488. The number of nitrogens with zero attached hydrogens (tertiary/aromatic N) is 2. The van der Waals surface area contributed by atoms with Crippen LogP contribution in [0.15, 0.2) is 18.2 Å². The fourth-order valence-corrected chi connectivity index (χ4v) is 1.78. The zero-order valence-corrected chi connectivity index (χ0v) is 8.94. The van der Waals surface area contributed by atoms with Gasteiger partial charge in [0.2, 0.25) is 0 Å². The predicted molar refractivity (Wildman–Crippen MR) is 59.7 cm³/mol. The molecule has 2 rings (SSSR count). The van der Waals surface area contributed by atoms with Crippen LogP contribution in [0.1, 0.15) is 25.6 Å². The van der Waals surface area contributed by atoms with Crippen molar-refractivity contribution >= 4 is 10.9 Å². The van der Waals surface area contributed by atoms with Crippen LogP contribution in [0.4, 0.5) is 0 Å². The minimum atomic E-state index is 0.236. The first-order valence-corrected chi connectivity index (χ1v) is 5.03. The van der Waals surface area contributed by atoms with Crippen molar-refractivity contribution in [2.45, 2.75) is 26.4 Å². The number of nitrogens with two attached hydrogens (primary N) is 1. The number of phenols is 1. The van der Waals surface area contributed by atoms with E-state index in [-0.39, 0.29) is 11.8 Å². The third-order valence-electron chi connectivity index (χ3n) is 2.47. The van der Waals surface area contributed by atoms with Gasteiger partial charge in [0.15, 0.2) is 0 Å². The van der Waals surface area contributed by atoms with Gasteiger partial charge in [0.05, 0.1) is 11.2 Å². The second kappa shape index (κ2) is 3.55. The molecule has 0 unspecified atom stereocenters. The van der Waals surface area contributed by atoms with Gasteiger partial charge in [-0.3, -0.25) is 4.68 Å². The number of aromatic hydroxyl groups is 1. The Morgan fingerprint density at radius 3 is 2.80 bits per heavy atom. The molecule has 4 nitrogen and oxygen atoms in total. The minimum absolute atomic E-state index is 0.236. The molecule has 2 aromatic rings. The van der Waals surface area contributed by atoms with Gasteiger partial charge in [-0.05, 0) is 26.0 Å². The van der Waals surface area contributed by atoms with Crippen LogP contribution in [0.25, 0.3) is 10.9 Å². The van der Waals surface area contributed by atoms with Gasteiger partial charge in [-0.15, -0.1) is 0 Å². The molecule has 0 fully saturated rings. The molecule has 0 aliphatic heterocycles. The van der Waals surface area contributed by atoms with E-state index < -0.39 is 0 Å². The topological polar surface area (TPSA) is 64.1 Å². The number of aromatic nitrogens is 2. The molecule has 3 N–H and O–H groups in total. The van der Waals surface area contributed by atoms with E-state index in [1.165, 1.54) is 0 Å². The largest absolute Gasteiger partial charge is 0.508 e. The van der Waals surface area contributed by atoms with Crippen molar-refractivity contribution in [3.63, 3.8) is 0 Å². The van der Waals surface area contributed by atoms with E-state index in [4.69, 9.17) is 5.73 Å². The fraction of sp³-hybridized carbons (Fsp3) is 0.364. The standard InChI is InChI=1S/C11H15N3O/c1-7(2)14-11(6-12)9-4-3-8(15)5-10(9)13-14/h3-5,7,15H,6,12H2,1-2H3. The highest BCUT2D eigenvalue weighted by molar-refractivity contribution is 5.82. The van der Waals surface area contributed by atoms with Crippen LogP contribution in [0.5, 0.6) is 5.75 Å². The van der Waals surface area contributed by atoms with E-state index in [0.717, 1.165) is 16.6 Å². The van der Waals surface area contributed by atoms with Gasteiger partial charge in [-0.1, -0.05) is 0 Å². The Hall–Kier alpha value is -1.55. The van der Waals surface area contributed by atoms with Crippen molar-refractivity contribution in [2.75, 3.05) is 0 Å². The molecule has 0 spiro atoms. The van der Waals surface area contributed by atoms with Gasteiger partial charge >= 0.3 is 0 Å². The Kier molecular flexibility index (Phi) is 2.36. The van der Waals surface area contributed by atoms with E-state index in [1.54, 1.807) is 12.1 Å². The molecule has 0 aliphatic carbocycles. The van der Waals surface area contributed by atoms with Crippen LogP contribution >= 0.6 is 0 Å². The highest BCUT2D eigenvalue weighted by Gasteiger charge is 2.11. The van der Waals surface area contributed by atoms with Gasteiger partial charge in [-0.2, -0.15) is 5.10 Å². The summed E-state index contributed by atoms with van der Waals surface area (Å²) in [5, 5.41) is 14.8. The molecule has 0 saturated carbocycles. The Balaban J connectivity index is 2.73. The highest BCUT2D eigenvalue weighted by Crippen LogP contribution is 2.24. The first-order chi connectivity index (χ1) is 7.13. The van der Waals surface area contributed by atoms with Crippen LogP contribution in [-0.4, -0.2) is 14.9 Å². The molecule has 1 heterocycles. The fourth-order valence-electron chi connectivity index (χ4n) is 1.78. The average Bonchev–Trinajstić information content (AvgIpc) is 2.55. The molecule has 80 valence electrons. The molecular weight excluding hydrogens is 190 g/mol. The second-order valence-corrected chi connectivity index (χ2v) is 3.89. The molecule has 15 heavy (non-hydrogen) atoms. The molecule has 0 radical (unpaired) electrons. The molecule has 0 amide bonds. The number of rotatable bonds is 2. The lowest BCUT2D eigenvalue weighted by Crippen LogP contribution is -2.10. The first-order valence-electron chi connectivity index (χ1n) is 5.03. The predicted octanol–water partition coefficient (Wildman–Crippen LogP) is 1.78. The van der Waals surface area contributed by atoms with Gasteiger partial charge in [0, 0.05) is 24.0 Å². The van der Waals surface area contributed by atoms with E-state index in [2.05, 4.69) is 18.9 Å². The lowest BCUT2D eigenvalue weighted by Gasteiger charge is -2.08. The SMILES string of the molecule is CC(C)n1nc2cc(O)ccc2c1CN. The van der Waals surface area contributed by atoms with E-state index in [0.29, 0.717) is 6.54 Å². The monoisotopic (exact) mass is 205 g/mol. The van der Waals surface area contributed by atoms with Crippen LogP contribution in [0.3, 0.4) is 0 Å². The summed E-state index contributed by atoms with van der Waals surface area (Å²) >= 11 is 0. The van der Waals surface area contributed by atoms with Crippen molar-refractivity contribution in [3.05, 3.63) is 23.9 Å². The van der Waals surface area contributed by atoms with Gasteiger partial charge in [-0.25, -0.2) is 0 Å². The summed E-state index contributed by atoms with van der Waals surface area (Å²) in [6.45, 7) is 4.58. The van der Waals surface area contributed by atoms with Crippen molar-refractivity contribution in [2.24, 2.45) is 5.73 Å². The molecule has 1 aromatic carbocycles. The number of benzene rings is 1. The summed E-state index contributed by atoms with van der Waals surface area (Å²) in [7, 11) is 0. The molecule has 1 aromatic heterocycles. The van der Waals surface area contributed by atoms with E-state index in [9.17, 15) is 5.11 Å². The average molecular weight is 205 g/mol. The van der Waals surface area contributed by atoms with Crippen molar-refractivity contribution in [1.82, 2.24) is 9.78 Å². The third-order valence-corrected chi connectivity index (χ3v) is 2.47. The summed E-state index contributed by atoms with van der Waals surface area (Å²) < 4.78 is 1.91. The third kappa shape index (κ3) is 1.57. The lowest BCUT2D eigenvalue weighted by molar-refractivity contribution is 0.475. The van der Waals surface area contributed by atoms with Crippen LogP contribution in [0, 0.1) is 0 Å². The number of hydrogen-bond donors (Lipinski definition) is 2. The maximum Gasteiger partial charge on any atom is 0.117 e. The Labute approximate surface area is 88.3 Å². The zero-order chi connectivity index (χ0) is 11.0. The van der Waals surface area contributed by atoms with Crippen molar-refractivity contribution in [1.29, 1.82) is 0 Å². The lowest BCUT2D eigenvalue weighted by atomic mass is 10.2. The molecule has 0 atom stereocenters. The number of fused-ring (bicyclic) bond motifs is 1. The molecule has 0 bridgehead atoms. The summed E-state index contributed by atoms with van der Waals surface area (Å²) in [4.78, 5) is 0. The normalized spacial score (nSPS) is 11.5. The zero-order valence-electron chi connectivity index (χ0n) is 8.94. The van der Waals surface area contributed by atoms with Crippen LogP contribution < -0.4 is 5.73 Å². The van der Waals surface area contributed by atoms with E-state index >= 15 is 0 Å². The number of phenolic OH excluding ortho intramolecular Hbond substituents is 1. The second-order valence-electron chi connectivity index (χ2n) is 3.89. The molecule has 0 saturated heterocycles. The summed E-state index contributed by atoms with van der Waals surface area (Å²) in [6, 6.07) is 5.46. The maximum atomic E-state index is 9.36. The van der Waals surface area contributed by atoms with Gasteiger partial charge in [0.1, 0.15) is 5.75 Å². The number of hydrogen-bond acceptors (Lipinski definition) is 3. The summed E-state index contributed by atoms with van der Waals surface area (Å²) in [6.07, 6.45) is 0. The molecular formula is C11H15N3O. The Morgan fingerprint density at radius 1 is 1.47 bits per heavy atom. The first kappa shape index (κ1) is 9.98. The highest BCUT2D eigenvalue weighted by atomic mass is 16.3. The van der Waals surface area contributed by atoms with Crippen molar-refractivity contribution < 1.29 is 5.11 Å². The minimum Gasteiger partial charge on any atom is -0.508 e. The Morgan fingerprint density at radius 2 is 2.20 bits per heavy atom.